The van der Waals surface area contributed by atoms with Crippen molar-refractivity contribution in [1.82, 2.24) is 25.3 Å². The minimum Gasteiger partial charge on any atom is -0.353 e. The van der Waals surface area contributed by atoms with Gasteiger partial charge >= 0.3 is 6.03 Å². The Morgan fingerprint density at radius 1 is 1.23 bits per heavy atom. The van der Waals surface area contributed by atoms with Crippen molar-refractivity contribution in [2.45, 2.75) is 57.7 Å². The molecule has 4 N–H and O–H groups in total. The van der Waals surface area contributed by atoms with E-state index >= 15 is 0 Å². The van der Waals surface area contributed by atoms with E-state index in [0.29, 0.717) is 38.5 Å². The first-order chi connectivity index (χ1) is 12.5. The van der Waals surface area contributed by atoms with Crippen LogP contribution in [0.15, 0.2) is 6.07 Å². The minimum absolute atomic E-state index is 0.0807. The molecule has 0 aromatic carbocycles. The zero-order valence-corrected chi connectivity index (χ0v) is 14.9. The van der Waals surface area contributed by atoms with Gasteiger partial charge in [0, 0.05) is 25.4 Å². The summed E-state index contributed by atoms with van der Waals surface area (Å²) in [6.45, 7) is 1.49. The molecule has 9 nitrogen and oxygen atoms in total. The molecule has 9 heteroatoms. The van der Waals surface area contributed by atoms with Crippen LogP contribution in [0.1, 0.15) is 43.5 Å². The van der Waals surface area contributed by atoms with Crippen LogP contribution in [0.2, 0.25) is 0 Å². The van der Waals surface area contributed by atoms with Gasteiger partial charge in [0.05, 0.1) is 31.0 Å². The van der Waals surface area contributed by atoms with Crippen LogP contribution in [0.5, 0.6) is 0 Å². The van der Waals surface area contributed by atoms with Gasteiger partial charge in [0.25, 0.3) is 0 Å². The van der Waals surface area contributed by atoms with E-state index in [4.69, 9.17) is 5.73 Å². The fourth-order valence-electron chi connectivity index (χ4n) is 3.55. The Bertz CT molecular complexity index is 680. The lowest BCUT2D eigenvalue weighted by atomic mass is 10.2. The molecule has 2 aliphatic rings. The molecule has 2 heterocycles. The summed E-state index contributed by atoms with van der Waals surface area (Å²) in [4.78, 5) is 36.5. The van der Waals surface area contributed by atoms with Crippen LogP contribution in [-0.4, -0.2) is 51.7 Å². The van der Waals surface area contributed by atoms with Gasteiger partial charge in [0.2, 0.25) is 11.8 Å². The van der Waals surface area contributed by atoms with Crippen molar-refractivity contribution in [3.8, 4) is 0 Å². The van der Waals surface area contributed by atoms with E-state index in [1.165, 1.54) is 12.8 Å². The van der Waals surface area contributed by atoms with E-state index in [2.05, 4.69) is 15.7 Å². The lowest BCUT2D eigenvalue weighted by Gasteiger charge is -2.27. The molecule has 26 heavy (non-hydrogen) atoms. The van der Waals surface area contributed by atoms with Crippen LogP contribution in [0, 0.1) is 0 Å². The second-order valence-corrected chi connectivity index (χ2v) is 6.93. The normalized spacial score (nSPS) is 17.0. The Labute approximate surface area is 152 Å². The molecule has 1 aliphatic carbocycles. The first-order valence-corrected chi connectivity index (χ1v) is 9.17. The quantitative estimate of drug-likeness (QED) is 0.653. The summed E-state index contributed by atoms with van der Waals surface area (Å²) in [5.41, 5.74) is 6.80. The van der Waals surface area contributed by atoms with Gasteiger partial charge in [0.15, 0.2) is 0 Å². The van der Waals surface area contributed by atoms with Crippen LogP contribution in [0.25, 0.3) is 0 Å². The highest BCUT2D eigenvalue weighted by Gasteiger charge is 2.23. The van der Waals surface area contributed by atoms with Gasteiger partial charge in [-0.1, -0.05) is 12.8 Å². The number of aromatic nitrogens is 2. The number of hydrogen-bond donors (Lipinski definition) is 3. The van der Waals surface area contributed by atoms with Crippen molar-refractivity contribution < 1.29 is 14.4 Å². The lowest BCUT2D eigenvalue weighted by molar-refractivity contribution is -0.131. The monoisotopic (exact) mass is 362 g/mol. The summed E-state index contributed by atoms with van der Waals surface area (Å²) in [5, 5.41) is 9.93. The molecule has 0 atom stereocenters. The van der Waals surface area contributed by atoms with E-state index in [0.717, 1.165) is 24.2 Å². The third kappa shape index (κ3) is 4.74. The standard InChI is InChI=1S/C17H26N6O3/c18-17(26)19-10-16(25)22-7-8-23-14(11-22)9-13(21-23)5-6-15(24)20-12-3-1-2-4-12/h9,12H,1-8,10-11H2,(H,20,24)(H3,18,19,26). The maximum absolute atomic E-state index is 12.1. The SMILES string of the molecule is NC(=O)NCC(=O)N1CCn2nc(CCC(=O)NC3CCCC3)cc2C1. The molecule has 0 spiro atoms. The fourth-order valence-corrected chi connectivity index (χ4v) is 3.55. The summed E-state index contributed by atoms with van der Waals surface area (Å²) in [6.07, 6.45) is 5.58. The molecule has 1 saturated carbocycles. The highest BCUT2D eigenvalue weighted by Crippen LogP contribution is 2.18. The first kappa shape index (κ1) is 18.2. The molecule has 1 aliphatic heterocycles. The first-order valence-electron chi connectivity index (χ1n) is 9.17. The minimum atomic E-state index is -0.710. The van der Waals surface area contributed by atoms with Gasteiger partial charge in [-0.05, 0) is 18.9 Å². The van der Waals surface area contributed by atoms with Crippen molar-refractivity contribution in [3.05, 3.63) is 17.5 Å². The van der Waals surface area contributed by atoms with Crippen LogP contribution in [0.4, 0.5) is 4.79 Å². The Morgan fingerprint density at radius 3 is 2.73 bits per heavy atom. The van der Waals surface area contributed by atoms with Crippen molar-refractivity contribution in [1.29, 1.82) is 0 Å². The number of primary amides is 1. The van der Waals surface area contributed by atoms with E-state index in [9.17, 15) is 14.4 Å². The van der Waals surface area contributed by atoms with E-state index in [1.807, 2.05) is 10.7 Å². The topological polar surface area (TPSA) is 122 Å². The summed E-state index contributed by atoms with van der Waals surface area (Å²) in [6, 6.07) is 1.58. The third-order valence-corrected chi connectivity index (χ3v) is 4.94. The van der Waals surface area contributed by atoms with Crippen LogP contribution in [-0.2, 0) is 29.1 Å². The molecule has 142 valence electrons. The van der Waals surface area contributed by atoms with Crippen molar-refractivity contribution in [2.24, 2.45) is 5.73 Å². The van der Waals surface area contributed by atoms with Crippen LogP contribution < -0.4 is 16.4 Å². The smallest absolute Gasteiger partial charge is 0.312 e. The maximum Gasteiger partial charge on any atom is 0.312 e. The Balaban J connectivity index is 1.48. The van der Waals surface area contributed by atoms with Gasteiger partial charge in [0.1, 0.15) is 0 Å². The zero-order valence-electron chi connectivity index (χ0n) is 14.9. The van der Waals surface area contributed by atoms with E-state index in [-0.39, 0.29) is 18.4 Å². The molecule has 0 unspecified atom stereocenters. The fraction of sp³-hybridized carbons (Fsp3) is 0.647. The molecular formula is C17H26N6O3. The molecule has 0 bridgehead atoms. The molecule has 4 amide bonds. The summed E-state index contributed by atoms with van der Waals surface area (Å²) >= 11 is 0. The average Bonchev–Trinajstić information content (AvgIpc) is 3.26. The molecule has 3 rings (SSSR count). The zero-order chi connectivity index (χ0) is 18.5. The summed E-state index contributed by atoms with van der Waals surface area (Å²) in [5.74, 6) is -0.0917. The van der Waals surface area contributed by atoms with Crippen LogP contribution >= 0.6 is 0 Å². The van der Waals surface area contributed by atoms with Gasteiger partial charge in [-0.25, -0.2) is 4.79 Å². The maximum atomic E-state index is 12.1. The Kier molecular flexibility index (Phi) is 5.75. The van der Waals surface area contributed by atoms with E-state index < -0.39 is 6.03 Å². The number of urea groups is 1. The number of amides is 4. The van der Waals surface area contributed by atoms with Crippen LogP contribution in [0.3, 0.4) is 0 Å². The number of rotatable bonds is 6. The van der Waals surface area contributed by atoms with Gasteiger partial charge in [-0.15, -0.1) is 0 Å². The largest absolute Gasteiger partial charge is 0.353 e. The molecule has 0 saturated heterocycles. The van der Waals surface area contributed by atoms with E-state index in [1.54, 1.807) is 4.90 Å². The molecule has 0 radical (unpaired) electrons. The number of carbonyl (C=O) groups is 3. The highest BCUT2D eigenvalue weighted by molar-refractivity contribution is 5.83. The second-order valence-electron chi connectivity index (χ2n) is 6.93. The molecular weight excluding hydrogens is 336 g/mol. The Morgan fingerprint density at radius 2 is 2.00 bits per heavy atom. The number of carbonyl (C=O) groups excluding carboxylic acids is 3. The molecule has 1 aromatic heterocycles. The van der Waals surface area contributed by atoms with Crippen molar-refractivity contribution >= 4 is 17.8 Å². The highest BCUT2D eigenvalue weighted by atomic mass is 16.2. The number of aryl methyl sites for hydroxylation is 1. The number of nitrogens with one attached hydrogen (secondary N) is 2. The number of fused-ring (bicyclic) bond motifs is 1. The number of hydrogen-bond acceptors (Lipinski definition) is 4. The van der Waals surface area contributed by atoms with Crippen molar-refractivity contribution in [3.63, 3.8) is 0 Å². The summed E-state index contributed by atoms with van der Waals surface area (Å²) in [7, 11) is 0. The second kappa shape index (κ2) is 8.20. The third-order valence-electron chi connectivity index (χ3n) is 4.94. The van der Waals surface area contributed by atoms with Gasteiger partial charge in [-0.2, -0.15) is 5.10 Å². The van der Waals surface area contributed by atoms with Crippen molar-refractivity contribution in [2.75, 3.05) is 13.1 Å². The number of nitrogens with zero attached hydrogens (tertiary/aromatic N) is 3. The summed E-state index contributed by atoms with van der Waals surface area (Å²) < 4.78 is 1.88. The average molecular weight is 362 g/mol. The van der Waals surface area contributed by atoms with Gasteiger partial charge in [-0.3, -0.25) is 14.3 Å². The molecule has 1 fully saturated rings. The predicted octanol–water partition coefficient (Wildman–Crippen LogP) is -0.115. The number of nitrogens with two attached hydrogens (primary N) is 1. The molecule has 1 aromatic rings. The van der Waals surface area contributed by atoms with Gasteiger partial charge < -0.3 is 21.3 Å². The lowest BCUT2D eigenvalue weighted by Crippen LogP contribution is -2.44. The Hall–Kier alpha value is -2.58. The predicted molar refractivity (Wildman–Crippen MR) is 93.9 cm³/mol.